The zero-order valence-electron chi connectivity index (χ0n) is 10.2. The summed E-state index contributed by atoms with van der Waals surface area (Å²) in [6.45, 7) is 0.100. The van der Waals surface area contributed by atoms with E-state index < -0.39 is 20.8 Å². The van der Waals surface area contributed by atoms with E-state index in [1.54, 1.807) is 0 Å². The Hall–Kier alpha value is -1.65. The molecular formula is C12H10ClFN2O3S. The molecule has 1 saturated heterocycles. The third-order valence-corrected chi connectivity index (χ3v) is 4.26. The number of anilines is 1. The first-order valence-corrected chi connectivity index (χ1v) is 8.20. The zero-order valence-corrected chi connectivity index (χ0v) is 11.8. The summed E-state index contributed by atoms with van der Waals surface area (Å²) in [5, 5.41) is 8.98. The van der Waals surface area contributed by atoms with Crippen molar-refractivity contribution in [1.82, 2.24) is 0 Å². The number of hydrogen-bond donors (Lipinski definition) is 0. The zero-order chi connectivity index (χ0) is 14.9. The summed E-state index contributed by atoms with van der Waals surface area (Å²) in [5.74, 6) is -1.70. The standard InChI is InChI=1S/C12H10ClFN2O3S/c13-20(18,19)7-8-3-12(17)16(6-8)11-4-10(14)2-1-9(11)5-15/h1-2,4,8H,3,6-7H2. The molecule has 1 aromatic carbocycles. The molecule has 0 saturated carbocycles. The minimum Gasteiger partial charge on any atom is -0.311 e. The van der Waals surface area contributed by atoms with E-state index in [-0.39, 0.29) is 35.9 Å². The number of nitriles is 1. The van der Waals surface area contributed by atoms with Crippen LogP contribution >= 0.6 is 10.7 Å². The fourth-order valence-electron chi connectivity index (χ4n) is 2.23. The second-order valence-corrected chi connectivity index (χ2v) is 7.37. The number of carbonyl (C=O) groups excluding carboxylic acids is 1. The van der Waals surface area contributed by atoms with Gasteiger partial charge in [-0.15, -0.1) is 0 Å². The molecule has 2 rings (SSSR count). The van der Waals surface area contributed by atoms with Crippen LogP contribution in [0, 0.1) is 23.1 Å². The second kappa shape index (κ2) is 5.38. The predicted octanol–water partition coefficient (Wildman–Crippen LogP) is 1.62. The molecule has 1 atom stereocenters. The molecule has 0 spiro atoms. The smallest absolute Gasteiger partial charge is 0.232 e. The molecule has 1 aliphatic rings. The molecule has 0 aromatic heterocycles. The molecule has 1 aliphatic heterocycles. The minimum absolute atomic E-state index is 0.00727. The number of hydrogen-bond acceptors (Lipinski definition) is 4. The van der Waals surface area contributed by atoms with Gasteiger partial charge in [-0.1, -0.05) is 0 Å². The molecular weight excluding hydrogens is 307 g/mol. The van der Waals surface area contributed by atoms with E-state index in [4.69, 9.17) is 15.9 Å². The first-order valence-electron chi connectivity index (χ1n) is 5.72. The van der Waals surface area contributed by atoms with Gasteiger partial charge in [0.2, 0.25) is 15.0 Å². The van der Waals surface area contributed by atoms with Gasteiger partial charge < -0.3 is 4.90 Å². The molecule has 8 heteroatoms. The molecule has 5 nitrogen and oxygen atoms in total. The van der Waals surface area contributed by atoms with Gasteiger partial charge >= 0.3 is 0 Å². The number of carbonyl (C=O) groups is 1. The van der Waals surface area contributed by atoms with Gasteiger partial charge in [0.1, 0.15) is 11.9 Å². The van der Waals surface area contributed by atoms with E-state index in [9.17, 15) is 17.6 Å². The van der Waals surface area contributed by atoms with E-state index in [1.165, 1.54) is 11.0 Å². The van der Waals surface area contributed by atoms with Crippen molar-refractivity contribution in [3.63, 3.8) is 0 Å². The summed E-state index contributed by atoms with van der Waals surface area (Å²) >= 11 is 0. The molecule has 1 heterocycles. The molecule has 20 heavy (non-hydrogen) atoms. The fraction of sp³-hybridized carbons (Fsp3) is 0.333. The fourth-order valence-corrected chi connectivity index (χ4v) is 3.55. The van der Waals surface area contributed by atoms with Crippen molar-refractivity contribution in [2.75, 3.05) is 17.2 Å². The quantitative estimate of drug-likeness (QED) is 0.794. The highest BCUT2D eigenvalue weighted by atomic mass is 35.7. The largest absolute Gasteiger partial charge is 0.311 e. The third kappa shape index (κ3) is 3.26. The average molecular weight is 317 g/mol. The summed E-state index contributed by atoms with van der Waals surface area (Å²) in [7, 11) is 1.46. The summed E-state index contributed by atoms with van der Waals surface area (Å²) < 4.78 is 35.3. The number of amides is 1. The van der Waals surface area contributed by atoms with Crippen LogP contribution in [0.3, 0.4) is 0 Å². The first-order chi connectivity index (χ1) is 9.30. The Bertz CT molecular complexity index is 699. The summed E-state index contributed by atoms with van der Waals surface area (Å²) in [5.41, 5.74) is 0.320. The van der Waals surface area contributed by atoms with Gasteiger partial charge in [0.15, 0.2) is 0 Å². The number of nitrogens with zero attached hydrogens (tertiary/aromatic N) is 2. The van der Waals surface area contributed by atoms with Gasteiger partial charge in [0.25, 0.3) is 0 Å². The SMILES string of the molecule is N#Cc1ccc(F)cc1N1CC(CS(=O)(=O)Cl)CC1=O. The Kier molecular flexibility index (Phi) is 3.97. The Balaban J connectivity index is 2.29. The summed E-state index contributed by atoms with van der Waals surface area (Å²) in [4.78, 5) is 13.1. The van der Waals surface area contributed by atoms with Gasteiger partial charge in [-0.3, -0.25) is 4.79 Å². The van der Waals surface area contributed by atoms with Crippen LogP contribution in [-0.4, -0.2) is 26.6 Å². The molecule has 0 radical (unpaired) electrons. The van der Waals surface area contributed by atoms with Crippen molar-refractivity contribution in [2.24, 2.45) is 5.92 Å². The van der Waals surface area contributed by atoms with Crippen molar-refractivity contribution in [1.29, 1.82) is 5.26 Å². The van der Waals surface area contributed by atoms with Crippen molar-refractivity contribution in [2.45, 2.75) is 6.42 Å². The molecule has 106 valence electrons. The lowest BCUT2D eigenvalue weighted by atomic mass is 10.1. The van der Waals surface area contributed by atoms with E-state index in [2.05, 4.69) is 0 Å². The van der Waals surface area contributed by atoms with Gasteiger partial charge in [-0.25, -0.2) is 12.8 Å². The maximum absolute atomic E-state index is 13.3. The van der Waals surface area contributed by atoms with Crippen LogP contribution in [0.5, 0.6) is 0 Å². The second-order valence-electron chi connectivity index (χ2n) is 4.55. The normalized spacial score (nSPS) is 19.1. The number of benzene rings is 1. The predicted molar refractivity (Wildman–Crippen MR) is 71.2 cm³/mol. The molecule has 1 fully saturated rings. The van der Waals surface area contributed by atoms with Crippen molar-refractivity contribution in [3.8, 4) is 6.07 Å². The molecule has 1 amide bonds. The monoisotopic (exact) mass is 316 g/mol. The lowest BCUT2D eigenvalue weighted by molar-refractivity contribution is -0.117. The minimum atomic E-state index is -3.71. The van der Waals surface area contributed by atoms with Gasteiger partial charge in [-0.2, -0.15) is 5.26 Å². The van der Waals surface area contributed by atoms with E-state index in [1.807, 2.05) is 6.07 Å². The van der Waals surface area contributed by atoms with Crippen LogP contribution in [0.1, 0.15) is 12.0 Å². The molecule has 0 bridgehead atoms. The maximum Gasteiger partial charge on any atom is 0.232 e. The first kappa shape index (κ1) is 14.8. The highest BCUT2D eigenvalue weighted by Crippen LogP contribution is 2.29. The van der Waals surface area contributed by atoms with E-state index >= 15 is 0 Å². The lowest BCUT2D eigenvalue weighted by Crippen LogP contribution is -2.26. The molecule has 0 N–H and O–H groups in total. The van der Waals surface area contributed by atoms with Crippen molar-refractivity contribution in [3.05, 3.63) is 29.6 Å². The van der Waals surface area contributed by atoms with Crippen LogP contribution in [0.4, 0.5) is 10.1 Å². The highest BCUT2D eigenvalue weighted by Gasteiger charge is 2.34. The van der Waals surface area contributed by atoms with Crippen LogP contribution in [0.15, 0.2) is 18.2 Å². The Morgan fingerprint density at radius 2 is 2.20 bits per heavy atom. The van der Waals surface area contributed by atoms with Crippen molar-refractivity contribution >= 4 is 31.3 Å². The highest BCUT2D eigenvalue weighted by molar-refractivity contribution is 8.13. The molecule has 1 aromatic rings. The average Bonchev–Trinajstić information content (AvgIpc) is 2.67. The Morgan fingerprint density at radius 1 is 1.50 bits per heavy atom. The van der Waals surface area contributed by atoms with Crippen molar-refractivity contribution < 1.29 is 17.6 Å². The van der Waals surface area contributed by atoms with Gasteiger partial charge in [0.05, 0.1) is 17.0 Å². The maximum atomic E-state index is 13.3. The molecule has 1 unspecified atom stereocenters. The van der Waals surface area contributed by atoms with E-state index in [0.717, 1.165) is 12.1 Å². The Labute approximate surface area is 120 Å². The molecule has 0 aliphatic carbocycles. The van der Waals surface area contributed by atoms with Gasteiger partial charge in [0, 0.05) is 29.6 Å². The van der Waals surface area contributed by atoms with Gasteiger partial charge in [-0.05, 0) is 18.2 Å². The number of halogens is 2. The Morgan fingerprint density at radius 3 is 2.80 bits per heavy atom. The van der Waals surface area contributed by atoms with Crippen LogP contribution in [-0.2, 0) is 13.8 Å². The van der Waals surface area contributed by atoms with Crippen LogP contribution in [0.2, 0.25) is 0 Å². The number of rotatable bonds is 3. The summed E-state index contributed by atoms with van der Waals surface area (Å²) in [6, 6.07) is 5.38. The third-order valence-electron chi connectivity index (χ3n) is 3.01. The summed E-state index contributed by atoms with van der Waals surface area (Å²) in [6.07, 6.45) is 0.00727. The van der Waals surface area contributed by atoms with Crippen LogP contribution in [0.25, 0.3) is 0 Å². The van der Waals surface area contributed by atoms with Crippen LogP contribution < -0.4 is 4.90 Å². The lowest BCUT2D eigenvalue weighted by Gasteiger charge is -2.18. The van der Waals surface area contributed by atoms with E-state index in [0.29, 0.717) is 0 Å². The topological polar surface area (TPSA) is 78.2 Å².